The Morgan fingerprint density at radius 3 is 1.90 bits per heavy atom. The summed E-state index contributed by atoms with van der Waals surface area (Å²) in [5, 5.41) is 12.0. The Morgan fingerprint density at radius 1 is 0.950 bits per heavy atom. The predicted octanol–water partition coefficient (Wildman–Crippen LogP) is 3.81. The zero-order valence-corrected chi connectivity index (χ0v) is 12.0. The number of nitrogens with zero attached hydrogens (tertiary/aromatic N) is 1. The number of benzene rings is 2. The Labute approximate surface area is 119 Å². The second kappa shape index (κ2) is 5.77. The van der Waals surface area contributed by atoms with E-state index in [-0.39, 0.29) is 5.54 Å². The largest absolute Gasteiger partial charge is 0.457 e. The quantitative estimate of drug-likeness (QED) is 0.915. The van der Waals surface area contributed by atoms with E-state index >= 15 is 0 Å². The van der Waals surface area contributed by atoms with Gasteiger partial charge in [0, 0.05) is 5.54 Å². The monoisotopic (exact) mass is 266 g/mol. The van der Waals surface area contributed by atoms with Crippen molar-refractivity contribution in [3.8, 4) is 17.6 Å². The van der Waals surface area contributed by atoms with Gasteiger partial charge in [-0.25, -0.2) is 0 Å². The van der Waals surface area contributed by atoms with E-state index in [1.54, 1.807) is 24.3 Å². The van der Waals surface area contributed by atoms with E-state index < -0.39 is 0 Å². The first-order chi connectivity index (χ1) is 9.55. The molecule has 1 N–H and O–H groups in total. The third-order valence-corrected chi connectivity index (χ3v) is 3.42. The Hall–Kier alpha value is -2.31. The molecule has 0 aliphatic carbocycles. The molecule has 2 aromatic rings. The number of nitriles is 1. The number of nitrogens with one attached hydrogen (secondary N) is 1. The summed E-state index contributed by atoms with van der Waals surface area (Å²) in [5.41, 5.74) is 1.77. The fourth-order valence-corrected chi connectivity index (χ4v) is 1.82. The van der Waals surface area contributed by atoms with E-state index in [9.17, 15) is 0 Å². The first-order valence-corrected chi connectivity index (χ1v) is 6.52. The van der Waals surface area contributed by atoms with E-state index in [2.05, 4.69) is 37.4 Å². The minimum Gasteiger partial charge on any atom is -0.457 e. The molecule has 0 heterocycles. The van der Waals surface area contributed by atoms with Gasteiger partial charge < -0.3 is 10.1 Å². The van der Waals surface area contributed by atoms with Crippen molar-refractivity contribution >= 4 is 0 Å². The molecule has 0 amide bonds. The van der Waals surface area contributed by atoms with Gasteiger partial charge in [-0.1, -0.05) is 12.1 Å². The molecular formula is C17H18N2O. The number of hydrogen-bond acceptors (Lipinski definition) is 3. The standard InChI is InChI=1S/C17H18N2O/c1-17(2,19-3)14-6-10-16(11-7-14)20-15-8-4-13(12-18)5-9-15/h4-11,19H,1-3H3. The normalized spacial score (nSPS) is 10.9. The predicted molar refractivity (Wildman–Crippen MR) is 79.8 cm³/mol. The Morgan fingerprint density at radius 2 is 1.45 bits per heavy atom. The van der Waals surface area contributed by atoms with Crippen LogP contribution < -0.4 is 10.1 Å². The number of hydrogen-bond donors (Lipinski definition) is 1. The molecule has 2 aromatic carbocycles. The molecule has 0 fully saturated rings. The zero-order valence-electron chi connectivity index (χ0n) is 12.0. The molecule has 0 bridgehead atoms. The van der Waals surface area contributed by atoms with Crippen molar-refractivity contribution in [3.05, 3.63) is 59.7 Å². The van der Waals surface area contributed by atoms with Gasteiger partial charge in [-0.2, -0.15) is 5.26 Å². The number of rotatable bonds is 4. The molecule has 0 aromatic heterocycles. The van der Waals surface area contributed by atoms with Gasteiger partial charge in [0.2, 0.25) is 0 Å². The van der Waals surface area contributed by atoms with Crippen molar-refractivity contribution < 1.29 is 4.74 Å². The van der Waals surface area contributed by atoms with E-state index in [1.807, 2.05) is 19.2 Å². The summed E-state index contributed by atoms with van der Waals surface area (Å²) in [6.07, 6.45) is 0. The molecule has 20 heavy (non-hydrogen) atoms. The van der Waals surface area contributed by atoms with Crippen molar-refractivity contribution in [3.63, 3.8) is 0 Å². The van der Waals surface area contributed by atoms with Crippen LogP contribution in [0.3, 0.4) is 0 Å². The van der Waals surface area contributed by atoms with Crippen LogP contribution in [0.1, 0.15) is 25.0 Å². The molecule has 0 spiro atoms. The van der Waals surface area contributed by atoms with Crippen LogP contribution in [0.25, 0.3) is 0 Å². The highest BCUT2D eigenvalue weighted by Gasteiger charge is 2.17. The van der Waals surface area contributed by atoms with E-state index in [4.69, 9.17) is 10.00 Å². The Kier molecular flexibility index (Phi) is 4.07. The van der Waals surface area contributed by atoms with Crippen LogP contribution in [0.5, 0.6) is 11.5 Å². The van der Waals surface area contributed by atoms with Crippen LogP contribution in [0.4, 0.5) is 0 Å². The lowest BCUT2D eigenvalue weighted by atomic mass is 9.95. The topological polar surface area (TPSA) is 45.0 Å². The van der Waals surface area contributed by atoms with Gasteiger partial charge in [0.1, 0.15) is 11.5 Å². The molecule has 0 saturated carbocycles. The summed E-state index contributed by atoms with van der Waals surface area (Å²) >= 11 is 0. The van der Waals surface area contributed by atoms with Crippen LogP contribution in [-0.2, 0) is 5.54 Å². The van der Waals surface area contributed by atoms with Crippen molar-refractivity contribution in [1.82, 2.24) is 5.32 Å². The highest BCUT2D eigenvalue weighted by Crippen LogP contribution is 2.25. The average Bonchev–Trinajstić information content (AvgIpc) is 2.48. The maximum atomic E-state index is 8.75. The lowest BCUT2D eigenvalue weighted by Gasteiger charge is -2.24. The Balaban J connectivity index is 2.12. The van der Waals surface area contributed by atoms with Crippen molar-refractivity contribution in [1.29, 1.82) is 5.26 Å². The fourth-order valence-electron chi connectivity index (χ4n) is 1.82. The summed E-state index contributed by atoms with van der Waals surface area (Å²) in [5.74, 6) is 1.51. The molecule has 0 aliphatic rings. The van der Waals surface area contributed by atoms with Gasteiger partial charge in [-0.3, -0.25) is 0 Å². The first-order valence-electron chi connectivity index (χ1n) is 6.52. The zero-order chi connectivity index (χ0) is 14.6. The van der Waals surface area contributed by atoms with Crippen molar-refractivity contribution in [2.45, 2.75) is 19.4 Å². The summed E-state index contributed by atoms with van der Waals surface area (Å²) in [6.45, 7) is 4.26. The summed E-state index contributed by atoms with van der Waals surface area (Å²) < 4.78 is 5.75. The highest BCUT2D eigenvalue weighted by molar-refractivity contribution is 5.38. The summed E-state index contributed by atoms with van der Waals surface area (Å²) in [6, 6.07) is 17.2. The molecule has 2 rings (SSSR count). The summed E-state index contributed by atoms with van der Waals surface area (Å²) in [4.78, 5) is 0. The van der Waals surface area contributed by atoms with Gasteiger partial charge in [-0.05, 0) is 62.9 Å². The van der Waals surface area contributed by atoms with Crippen LogP contribution in [-0.4, -0.2) is 7.05 Å². The second-order valence-corrected chi connectivity index (χ2v) is 5.14. The minimum atomic E-state index is -0.0625. The van der Waals surface area contributed by atoms with E-state index in [0.29, 0.717) is 5.56 Å². The molecule has 0 aliphatic heterocycles. The third-order valence-electron chi connectivity index (χ3n) is 3.42. The van der Waals surface area contributed by atoms with Gasteiger partial charge in [0.15, 0.2) is 0 Å². The van der Waals surface area contributed by atoms with Crippen molar-refractivity contribution in [2.24, 2.45) is 0 Å². The molecule has 3 nitrogen and oxygen atoms in total. The molecule has 3 heteroatoms. The second-order valence-electron chi connectivity index (χ2n) is 5.14. The highest BCUT2D eigenvalue weighted by atomic mass is 16.5. The Bertz CT molecular complexity index is 607. The molecular weight excluding hydrogens is 248 g/mol. The lowest BCUT2D eigenvalue weighted by molar-refractivity contribution is 0.442. The van der Waals surface area contributed by atoms with Gasteiger partial charge in [0.25, 0.3) is 0 Å². The SMILES string of the molecule is CNC(C)(C)c1ccc(Oc2ccc(C#N)cc2)cc1. The lowest BCUT2D eigenvalue weighted by Crippen LogP contribution is -2.32. The van der Waals surface area contributed by atoms with E-state index in [1.165, 1.54) is 5.56 Å². The first kappa shape index (κ1) is 14.1. The third kappa shape index (κ3) is 3.17. The average molecular weight is 266 g/mol. The maximum absolute atomic E-state index is 8.75. The summed E-state index contributed by atoms with van der Waals surface area (Å²) in [7, 11) is 1.95. The van der Waals surface area contributed by atoms with Gasteiger partial charge in [-0.15, -0.1) is 0 Å². The molecule has 0 atom stereocenters. The van der Waals surface area contributed by atoms with Crippen LogP contribution in [0.15, 0.2) is 48.5 Å². The van der Waals surface area contributed by atoms with E-state index in [0.717, 1.165) is 11.5 Å². The van der Waals surface area contributed by atoms with Gasteiger partial charge in [0.05, 0.1) is 11.6 Å². The maximum Gasteiger partial charge on any atom is 0.127 e. The number of ether oxygens (including phenoxy) is 1. The fraction of sp³-hybridized carbons (Fsp3) is 0.235. The molecule has 0 radical (unpaired) electrons. The van der Waals surface area contributed by atoms with Crippen LogP contribution in [0.2, 0.25) is 0 Å². The smallest absolute Gasteiger partial charge is 0.127 e. The molecule has 102 valence electrons. The minimum absolute atomic E-state index is 0.0625. The van der Waals surface area contributed by atoms with Crippen LogP contribution in [0, 0.1) is 11.3 Å². The molecule has 0 unspecified atom stereocenters. The van der Waals surface area contributed by atoms with Crippen molar-refractivity contribution in [2.75, 3.05) is 7.05 Å². The molecule has 0 saturated heterocycles. The van der Waals surface area contributed by atoms with Gasteiger partial charge >= 0.3 is 0 Å². The van der Waals surface area contributed by atoms with Crippen LogP contribution >= 0.6 is 0 Å².